The number of benzene rings is 1. The minimum Gasteiger partial charge on any atom is -0.329 e. The lowest BCUT2D eigenvalue weighted by Gasteiger charge is -2.32. The highest BCUT2D eigenvalue weighted by Crippen LogP contribution is 2.34. The highest BCUT2D eigenvalue weighted by atomic mass is 15.2. The molecule has 1 aliphatic rings. The molecule has 0 amide bonds. The molecule has 2 nitrogen and oxygen atoms in total. The summed E-state index contributed by atoms with van der Waals surface area (Å²) >= 11 is 0. The first kappa shape index (κ1) is 16.5. The Morgan fingerprint density at radius 2 is 1.62 bits per heavy atom. The van der Waals surface area contributed by atoms with Crippen LogP contribution < -0.4 is 5.73 Å². The van der Waals surface area contributed by atoms with Crippen molar-refractivity contribution in [1.82, 2.24) is 4.90 Å². The van der Waals surface area contributed by atoms with Gasteiger partial charge < -0.3 is 5.73 Å². The van der Waals surface area contributed by atoms with Crippen LogP contribution in [0.5, 0.6) is 0 Å². The summed E-state index contributed by atoms with van der Waals surface area (Å²) in [4.78, 5) is 2.66. The first-order valence-corrected chi connectivity index (χ1v) is 8.58. The molecule has 2 N–H and O–H groups in total. The van der Waals surface area contributed by atoms with Crippen LogP contribution in [0.15, 0.2) is 24.3 Å². The van der Waals surface area contributed by atoms with Crippen LogP contribution in [0.4, 0.5) is 0 Å². The van der Waals surface area contributed by atoms with Gasteiger partial charge in [0, 0.05) is 18.6 Å². The summed E-state index contributed by atoms with van der Waals surface area (Å²) in [5, 5.41) is 0. The van der Waals surface area contributed by atoms with Gasteiger partial charge in [-0.2, -0.15) is 0 Å². The lowest BCUT2D eigenvalue weighted by molar-refractivity contribution is 0.181. The second kappa shape index (κ2) is 7.42. The van der Waals surface area contributed by atoms with Gasteiger partial charge in [0.25, 0.3) is 0 Å². The fourth-order valence-corrected chi connectivity index (χ4v) is 2.97. The zero-order valence-electron chi connectivity index (χ0n) is 14.2. The van der Waals surface area contributed by atoms with Gasteiger partial charge in [-0.1, -0.05) is 52.0 Å². The fourth-order valence-electron chi connectivity index (χ4n) is 2.97. The van der Waals surface area contributed by atoms with Crippen molar-refractivity contribution < 1.29 is 0 Å². The maximum atomic E-state index is 6.13. The Morgan fingerprint density at radius 1 is 1.05 bits per heavy atom. The molecule has 1 fully saturated rings. The number of rotatable bonds is 8. The molecule has 2 rings (SSSR count). The summed E-state index contributed by atoms with van der Waals surface area (Å²) in [6, 6.07) is 10.3. The molecule has 1 aromatic rings. The van der Waals surface area contributed by atoms with E-state index in [-0.39, 0.29) is 0 Å². The second-order valence-corrected chi connectivity index (χ2v) is 7.22. The molecule has 0 spiro atoms. The maximum Gasteiger partial charge on any atom is 0.0473 e. The molecule has 0 bridgehead atoms. The molecule has 1 aliphatic carbocycles. The van der Waals surface area contributed by atoms with Crippen molar-refractivity contribution in [1.29, 1.82) is 0 Å². The van der Waals surface area contributed by atoms with Crippen LogP contribution in [-0.2, 0) is 0 Å². The van der Waals surface area contributed by atoms with Gasteiger partial charge in [0.1, 0.15) is 0 Å². The normalized spacial score (nSPS) is 17.0. The van der Waals surface area contributed by atoms with E-state index in [0.29, 0.717) is 12.0 Å². The van der Waals surface area contributed by atoms with E-state index >= 15 is 0 Å². The Kier molecular flexibility index (Phi) is 5.83. The van der Waals surface area contributed by atoms with Crippen LogP contribution in [0.2, 0.25) is 0 Å². The van der Waals surface area contributed by atoms with Crippen LogP contribution in [0.3, 0.4) is 0 Å². The van der Waals surface area contributed by atoms with Crippen molar-refractivity contribution in [2.45, 2.75) is 65.0 Å². The van der Waals surface area contributed by atoms with E-state index in [1.807, 2.05) is 0 Å². The Balaban J connectivity index is 2.11. The van der Waals surface area contributed by atoms with Crippen molar-refractivity contribution in [3.63, 3.8) is 0 Å². The molecule has 21 heavy (non-hydrogen) atoms. The smallest absolute Gasteiger partial charge is 0.0473 e. The average Bonchev–Trinajstić information content (AvgIpc) is 3.28. The molecule has 0 aromatic heterocycles. The summed E-state index contributed by atoms with van der Waals surface area (Å²) in [6.45, 7) is 11.0. The van der Waals surface area contributed by atoms with Gasteiger partial charge >= 0.3 is 0 Å². The van der Waals surface area contributed by atoms with E-state index in [1.165, 1.54) is 36.9 Å². The number of hydrogen-bond donors (Lipinski definition) is 1. The van der Waals surface area contributed by atoms with Gasteiger partial charge in [-0.05, 0) is 48.8 Å². The number of nitrogens with two attached hydrogens (primary N) is 1. The predicted octanol–water partition coefficient (Wildman–Crippen LogP) is 4.32. The van der Waals surface area contributed by atoms with Crippen LogP contribution >= 0.6 is 0 Å². The topological polar surface area (TPSA) is 29.3 Å². The molecular formula is C19H32N2. The summed E-state index contributed by atoms with van der Waals surface area (Å²) in [5.41, 5.74) is 8.93. The SMILES string of the molecule is CC(C)CCN(C1CC1)C(CN)c1ccc(C(C)C)cc1. The molecule has 0 aliphatic heterocycles. The van der Waals surface area contributed by atoms with Gasteiger partial charge in [-0.25, -0.2) is 0 Å². The maximum absolute atomic E-state index is 6.13. The molecule has 1 unspecified atom stereocenters. The molecule has 1 saturated carbocycles. The van der Waals surface area contributed by atoms with Gasteiger partial charge in [0.15, 0.2) is 0 Å². The highest BCUT2D eigenvalue weighted by molar-refractivity contribution is 5.27. The first-order valence-electron chi connectivity index (χ1n) is 8.58. The molecule has 1 aromatic carbocycles. The minimum absolute atomic E-state index is 0.387. The average molecular weight is 288 g/mol. The predicted molar refractivity (Wildman–Crippen MR) is 91.5 cm³/mol. The quantitative estimate of drug-likeness (QED) is 0.772. The zero-order chi connectivity index (χ0) is 15.4. The van der Waals surface area contributed by atoms with Crippen molar-refractivity contribution in [3.8, 4) is 0 Å². The van der Waals surface area contributed by atoms with Crippen LogP contribution in [0.1, 0.15) is 70.0 Å². The van der Waals surface area contributed by atoms with Gasteiger partial charge in [0.2, 0.25) is 0 Å². The molecule has 0 saturated heterocycles. The Morgan fingerprint density at radius 3 is 2.05 bits per heavy atom. The molecule has 118 valence electrons. The lowest BCUT2D eigenvalue weighted by atomic mass is 9.98. The third kappa shape index (κ3) is 4.55. The Labute approximate surface area is 130 Å². The Hall–Kier alpha value is -0.860. The van der Waals surface area contributed by atoms with Gasteiger partial charge in [-0.15, -0.1) is 0 Å². The van der Waals surface area contributed by atoms with Crippen molar-refractivity contribution in [2.75, 3.05) is 13.1 Å². The standard InChI is InChI=1S/C19H32N2/c1-14(2)11-12-21(18-9-10-18)19(13-20)17-7-5-16(6-8-17)15(3)4/h5-8,14-15,18-19H,9-13,20H2,1-4H3. The molecule has 2 heteroatoms. The number of nitrogens with zero attached hydrogens (tertiary/aromatic N) is 1. The van der Waals surface area contributed by atoms with E-state index in [4.69, 9.17) is 5.73 Å². The molecule has 0 heterocycles. The summed E-state index contributed by atoms with van der Waals surface area (Å²) in [6.07, 6.45) is 3.95. The fraction of sp³-hybridized carbons (Fsp3) is 0.684. The van der Waals surface area contributed by atoms with Crippen LogP contribution in [-0.4, -0.2) is 24.0 Å². The van der Waals surface area contributed by atoms with Crippen LogP contribution in [0, 0.1) is 5.92 Å². The van der Waals surface area contributed by atoms with Crippen molar-refractivity contribution >= 4 is 0 Å². The highest BCUT2D eigenvalue weighted by Gasteiger charge is 2.33. The summed E-state index contributed by atoms with van der Waals surface area (Å²) < 4.78 is 0. The van der Waals surface area contributed by atoms with Gasteiger partial charge in [-0.3, -0.25) is 4.90 Å². The van der Waals surface area contributed by atoms with Crippen LogP contribution in [0.25, 0.3) is 0 Å². The third-order valence-corrected chi connectivity index (χ3v) is 4.59. The largest absolute Gasteiger partial charge is 0.329 e. The number of hydrogen-bond acceptors (Lipinski definition) is 2. The molecular weight excluding hydrogens is 256 g/mol. The molecule has 0 radical (unpaired) electrons. The van der Waals surface area contributed by atoms with Crippen molar-refractivity contribution in [2.24, 2.45) is 11.7 Å². The lowest BCUT2D eigenvalue weighted by Crippen LogP contribution is -2.36. The zero-order valence-corrected chi connectivity index (χ0v) is 14.2. The van der Waals surface area contributed by atoms with Gasteiger partial charge in [0.05, 0.1) is 0 Å². The second-order valence-electron chi connectivity index (χ2n) is 7.22. The first-order chi connectivity index (χ1) is 10.0. The van der Waals surface area contributed by atoms with E-state index < -0.39 is 0 Å². The van der Waals surface area contributed by atoms with E-state index in [0.717, 1.165) is 18.5 Å². The van der Waals surface area contributed by atoms with E-state index in [2.05, 4.69) is 56.9 Å². The monoisotopic (exact) mass is 288 g/mol. The summed E-state index contributed by atoms with van der Waals surface area (Å²) in [7, 11) is 0. The summed E-state index contributed by atoms with van der Waals surface area (Å²) in [5.74, 6) is 1.35. The molecule has 1 atom stereocenters. The van der Waals surface area contributed by atoms with E-state index in [9.17, 15) is 0 Å². The Bertz CT molecular complexity index is 418. The minimum atomic E-state index is 0.387. The third-order valence-electron chi connectivity index (χ3n) is 4.59. The van der Waals surface area contributed by atoms with Crippen molar-refractivity contribution in [3.05, 3.63) is 35.4 Å². The van der Waals surface area contributed by atoms with E-state index in [1.54, 1.807) is 0 Å².